The molecule has 0 aliphatic heterocycles. The molecule has 1 aromatic carbocycles. The average Bonchev–Trinajstić information content (AvgIpc) is 3.39. The third kappa shape index (κ3) is 4.34. The summed E-state index contributed by atoms with van der Waals surface area (Å²) in [5.74, 6) is -0.865. The standard InChI is InChI=1S/C25H27N5O5/c1-15-6-8-18(9-7-15)30-16(2)12-19(17(30)3)20(31)13-35-21(32)10-11-29-14-26-23-22(29)24(33)28(5)25(34)27(23)4/h6-9,12,14H,10-11,13H2,1-5H3. The molecular formula is C25H27N5O5. The molecule has 0 aliphatic carbocycles. The zero-order chi connectivity index (χ0) is 25.4. The lowest BCUT2D eigenvalue weighted by atomic mass is 10.1. The number of aromatic nitrogens is 5. The van der Waals surface area contributed by atoms with Crippen molar-refractivity contribution in [2.75, 3.05) is 6.61 Å². The topological polar surface area (TPSA) is 110 Å². The molecule has 0 aliphatic rings. The number of carbonyl (C=O) groups is 2. The number of rotatable bonds is 7. The van der Waals surface area contributed by atoms with Crippen LogP contribution in [0, 0.1) is 20.8 Å². The first-order valence-corrected chi connectivity index (χ1v) is 11.2. The van der Waals surface area contributed by atoms with Crippen molar-refractivity contribution in [3.8, 4) is 5.69 Å². The van der Waals surface area contributed by atoms with Crippen LogP contribution >= 0.6 is 0 Å². The van der Waals surface area contributed by atoms with Crippen molar-refractivity contribution in [2.45, 2.75) is 33.7 Å². The van der Waals surface area contributed by atoms with E-state index in [-0.39, 0.29) is 36.5 Å². The van der Waals surface area contributed by atoms with E-state index in [1.165, 1.54) is 29.6 Å². The SMILES string of the molecule is Cc1ccc(-n2c(C)cc(C(=O)COC(=O)CCn3cnc4c3c(=O)n(C)c(=O)n4C)c2C)cc1. The summed E-state index contributed by atoms with van der Waals surface area (Å²) in [6.07, 6.45) is 1.34. The molecule has 0 radical (unpaired) electrons. The van der Waals surface area contributed by atoms with E-state index in [1.807, 2.05) is 49.6 Å². The Morgan fingerprint density at radius 2 is 1.69 bits per heavy atom. The van der Waals surface area contributed by atoms with Crippen molar-refractivity contribution in [3.05, 3.63) is 80.0 Å². The van der Waals surface area contributed by atoms with Crippen LogP contribution in [0.5, 0.6) is 0 Å². The lowest BCUT2D eigenvalue weighted by molar-refractivity contribution is -0.142. The van der Waals surface area contributed by atoms with Crippen LogP contribution in [0.4, 0.5) is 0 Å². The number of carbonyl (C=O) groups excluding carboxylic acids is 2. The molecule has 0 bridgehead atoms. The molecule has 0 saturated carbocycles. The number of aryl methyl sites for hydroxylation is 4. The van der Waals surface area contributed by atoms with Crippen LogP contribution < -0.4 is 11.2 Å². The summed E-state index contributed by atoms with van der Waals surface area (Å²) < 4.78 is 11.0. The van der Waals surface area contributed by atoms with Crippen molar-refractivity contribution in [3.63, 3.8) is 0 Å². The Labute approximate surface area is 201 Å². The lowest BCUT2D eigenvalue weighted by Gasteiger charge is -2.10. The number of hydrogen-bond donors (Lipinski definition) is 0. The highest BCUT2D eigenvalue weighted by atomic mass is 16.5. The third-order valence-electron chi connectivity index (χ3n) is 6.16. The third-order valence-corrected chi connectivity index (χ3v) is 6.16. The van der Waals surface area contributed by atoms with Gasteiger partial charge >= 0.3 is 11.7 Å². The van der Waals surface area contributed by atoms with Crippen LogP contribution in [0.2, 0.25) is 0 Å². The molecule has 0 saturated heterocycles. The van der Waals surface area contributed by atoms with Crippen LogP contribution in [-0.4, -0.2) is 41.6 Å². The molecule has 35 heavy (non-hydrogen) atoms. The Morgan fingerprint density at radius 1 is 1.00 bits per heavy atom. The number of esters is 1. The maximum absolute atomic E-state index is 12.8. The molecule has 4 aromatic rings. The second-order valence-corrected chi connectivity index (χ2v) is 8.61. The highest BCUT2D eigenvalue weighted by Gasteiger charge is 2.19. The van der Waals surface area contributed by atoms with Crippen LogP contribution in [0.15, 0.2) is 46.2 Å². The Bertz CT molecular complexity index is 1570. The molecule has 182 valence electrons. The predicted molar refractivity (Wildman–Crippen MR) is 130 cm³/mol. The fraction of sp³-hybridized carbons (Fsp3) is 0.320. The van der Waals surface area contributed by atoms with Gasteiger partial charge in [-0.25, -0.2) is 9.78 Å². The highest BCUT2D eigenvalue weighted by molar-refractivity contribution is 5.99. The van der Waals surface area contributed by atoms with Gasteiger partial charge in [0.25, 0.3) is 5.56 Å². The molecule has 10 heteroatoms. The van der Waals surface area contributed by atoms with E-state index in [4.69, 9.17) is 4.74 Å². The molecule has 3 heterocycles. The molecule has 10 nitrogen and oxygen atoms in total. The first-order chi connectivity index (χ1) is 16.6. The zero-order valence-corrected chi connectivity index (χ0v) is 20.4. The summed E-state index contributed by atoms with van der Waals surface area (Å²) in [4.78, 5) is 53.8. The summed E-state index contributed by atoms with van der Waals surface area (Å²) in [5.41, 5.74) is 3.78. The Hall–Kier alpha value is -4.21. The van der Waals surface area contributed by atoms with Crippen molar-refractivity contribution < 1.29 is 14.3 Å². The van der Waals surface area contributed by atoms with Gasteiger partial charge in [-0.1, -0.05) is 17.7 Å². The quantitative estimate of drug-likeness (QED) is 0.297. The Balaban J connectivity index is 1.43. The predicted octanol–water partition coefficient (Wildman–Crippen LogP) is 1.97. The van der Waals surface area contributed by atoms with Gasteiger partial charge in [0.05, 0.1) is 12.7 Å². The number of nitrogens with zero attached hydrogens (tertiary/aromatic N) is 5. The highest BCUT2D eigenvalue weighted by Crippen LogP contribution is 2.22. The van der Waals surface area contributed by atoms with E-state index in [0.29, 0.717) is 5.56 Å². The smallest absolute Gasteiger partial charge is 0.332 e. The molecule has 0 N–H and O–H groups in total. The molecular weight excluding hydrogens is 450 g/mol. The molecule has 3 aromatic heterocycles. The summed E-state index contributed by atoms with van der Waals surface area (Å²) in [7, 11) is 2.91. The van der Waals surface area contributed by atoms with Crippen LogP contribution in [0.3, 0.4) is 0 Å². The van der Waals surface area contributed by atoms with Gasteiger partial charge < -0.3 is 13.9 Å². The number of ether oxygens (including phenoxy) is 1. The van der Waals surface area contributed by atoms with E-state index < -0.39 is 17.2 Å². The van der Waals surface area contributed by atoms with E-state index in [9.17, 15) is 19.2 Å². The lowest BCUT2D eigenvalue weighted by Crippen LogP contribution is -2.37. The normalized spacial score (nSPS) is 11.2. The van der Waals surface area contributed by atoms with Gasteiger partial charge in [0.1, 0.15) is 0 Å². The van der Waals surface area contributed by atoms with Crippen molar-refractivity contribution in [1.82, 2.24) is 23.3 Å². The van der Waals surface area contributed by atoms with E-state index in [2.05, 4.69) is 4.98 Å². The molecule has 0 fully saturated rings. The molecule has 0 unspecified atom stereocenters. The van der Waals surface area contributed by atoms with E-state index in [0.717, 1.165) is 27.2 Å². The van der Waals surface area contributed by atoms with Crippen molar-refractivity contribution in [1.29, 1.82) is 0 Å². The zero-order valence-electron chi connectivity index (χ0n) is 20.4. The minimum atomic E-state index is -0.575. The number of fused-ring (bicyclic) bond motifs is 1. The van der Waals surface area contributed by atoms with Crippen molar-refractivity contribution >= 4 is 22.9 Å². The minimum absolute atomic E-state index is 0.0624. The molecule has 4 rings (SSSR count). The van der Waals surface area contributed by atoms with Gasteiger partial charge in [0.15, 0.2) is 17.8 Å². The summed E-state index contributed by atoms with van der Waals surface area (Å²) in [6, 6.07) is 9.80. The summed E-state index contributed by atoms with van der Waals surface area (Å²) in [6.45, 7) is 5.54. The van der Waals surface area contributed by atoms with Gasteiger partial charge in [-0.05, 0) is 39.0 Å². The number of ketones is 1. The van der Waals surface area contributed by atoms with Gasteiger partial charge in [-0.2, -0.15) is 0 Å². The van der Waals surface area contributed by atoms with Crippen LogP contribution in [-0.2, 0) is 30.2 Å². The fourth-order valence-corrected chi connectivity index (χ4v) is 4.21. The first-order valence-electron chi connectivity index (χ1n) is 11.2. The number of hydrogen-bond acceptors (Lipinski definition) is 6. The van der Waals surface area contributed by atoms with Crippen molar-refractivity contribution in [2.24, 2.45) is 14.1 Å². The maximum Gasteiger partial charge on any atom is 0.332 e. The van der Waals surface area contributed by atoms with Gasteiger partial charge in [0, 0.05) is 43.3 Å². The minimum Gasteiger partial charge on any atom is -0.457 e. The van der Waals surface area contributed by atoms with Gasteiger partial charge in [0.2, 0.25) is 5.78 Å². The average molecular weight is 478 g/mol. The molecule has 0 atom stereocenters. The Morgan fingerprint density at radius 3 is 2.37 bits per heavy atom. The molecule has 0 amide bonds. The van der Waals surface area contributed by atoms with E-state index >= 15 is 0 Å². The monoisotopic (exact) mass is 477 g/mol. The Kier molecular flexibility index (Phi) is 6.29. The largest absolute Gasteiger partial charge is 0.457 e. The first kappa shape index (κ1) is 23.9. The van der Waals surface area contributed by atoms with Crippen LogP contribution in [0.25, 0.3) is 16.9 Å². The number of benzene rings is 1. The number of imidazole rings is 1. The second-order valence-electron chi connectivity index (χ2n) is 8.61. The summed E-state index contributed by atoms with van der Waals surface area (Å²) in [5, 5.41) is 0. The summed E-state index contributed by atoms with van der Waals surface area (Å²) >= 11 is 0. The van der Waals surface area contributed by atoms with E-state index in [1.54, 1.807) is 6.07 Å². The maximum atomic E-state index is 12.8. The van der Waals surface area contributed by atoms with Crippen LogP contribution in [0.1, 0.15) is 33.7 Å². The second kappa shape index (κ2) is 9.21. The van der Waals surface area contributed by atoms with Gasteiger partial charge in [-0.15, -0.1) is 0 Å². The van der Waals surface area contributed by atoms with Gasteiger partial charge in [-0.3, -0.25) is 23.5 Å². The number of Topliss-reactive ketones (excluding diaryl/α,β-unsaturated/α-hetero) is 1. The fourth-order valence-electron chi connectivity index (χ4n) is 4.21. The molecule has 0 spiro atoms.